The molecular formula is C26H31NO6. The Balaban J connectivity index is 1.97. The topological polar surface area (TPSA) is 66.5 Å². The SMILES string of the molecule is CCOC(=O)C1=C2c3cc(OC)c(OC)cc3CCN2C(COC)C1c1cccc(OC)c1. The molecule has 0 bridgehead atoms. The minimum atomic E-state index is -0.313. The van der Waals surface area contributed by atoms with E-state index in [1.54, 1.807) is 28.4 Å². The molecule has 4 rings (SSSR count). The maximum absolute atomic E-state index is 13.4. The molecule has 2 aromatic carbocycles. The van der Waals surface area contributed by atoms with E-state index in [1.807, 2.05) is 43.3 Å². The van der Waals surface area contributed by atoms with Gasteiger partial charge in [-0.25, -0.2) is 4.79 Å². The van der Waals surface area contributed by atoms with Gasteiger partial charge in [-0.3, -0.25) is 0 Å². The van der Waals surface area contributed by atoms with Crippen LogP contribution in [0.25, 0.3) is 5.70 Å². The zero-order valence-electron chi connectivity index (χ0n) is 19.8. The number of nitrogens with zero attached hydrogens (tertiary/aromatic N) is 1. The van der Waals surface area contributed by atoms with Gasteiger partial charge < -0.3 is 28.6 Å². The summed E-state index contributed by atoms with van der Waals surface area (Å²) in [5.74, 6) is 1.51. The number of ether oxygens (including phenoxy) is 5. The Hall–Kier alpha value is -3.19. The number of carbonyl (C=O) groups excluding carboxylic acids is 1. The molecule has 0 amide bonds. The van der Waals surface area contributed by atoms with Crippen molar-refractivity contribution in [2.45, 2.75) is 25.3 Å². The van der Waals surface area contributed by atoms with Crippen molar-refractivity contribution in [2.24, 2.45) is 0 Å². The fraction of sp³-hybridized carbons (Fsp3) is 0.423. The normalized spacial score (nSPS) is 19.1. The molecule has 2 atom stereocenters. The van der Waals surface area contributed by atoms with Crippen molar-refractivity contribution in [1.82, 2.24) is 4.90 Å². The first-order valence-corrected chi connectivity index (χ1v) is 11.1. The van der Waals surface area contributed by atoms with Gasteiger partial charge in [-0.05, 0) is 48.7 Å². The van der Waals surface area contributed by atoms with Crippen molar-refractivity contribution < 1.29 is 28.5 Å². The van der Waals surface area contributed by atoms with Crippen molar-refractivity contribution in [1.29, 1.82) is 0 Å². The summed E-state index contributed by atoms with van der Waals surface area (Å²) in [6.07, 6.45) is 0.820. The second-order valence-electron chi connectivity index (χ2n) is 8.07. The molecule has 176 valence electrons. The monoisotopic (exact) mass is 453 g/mol. The lowest BCUT2D eigenvalue weighted by Gasteiger charge is -2.36. The van der Waals surface area contributed by atoms with Crippen LogP contribution in [0.15, 0.2) is 42.0 Å². The lowest BCUT2D eigenvalue weighted by Crippen LogP contribution is -2.40. The lowest BCUT2D eigenvalue weighted by atomic mass is 9.86. The Kier molecular flexibility index (Phi) is 6.79. The van der Waals surface area contributed by atoms with Gasteiger partial charge in [0, 0.05) is 25.1 Å². The zero-order chi connectivity index (χ0) is 23.5. The van der Waals surface area contributed by atoms with Crippen LogP contribution in [-0.2, 0) is 20.7 Å². The summed E-state index contributed by atoms with van der Waals surface area (Å²) in [6, 6.07) is 11.8. The standard InChI is InChI=1S/C26H31NO6/c1-6-33-26(28)24-23(17-8-7-9-18(12-17)30-3)20(15-29-2)27-11-10-16-13-21(31-4)22(32-5)14-19(16)25(24)27/h7-9,12-14,20,23H,6,10-11,15H2,1-5H3. The van der Waals surface area contributed by atoms with Crippen LogP contribution in [0.1, 0.15) is 29.5 Å². The fourth-order valence-corrected chi connectivity index (χ4v) is 5.02. The number of methoxy groups -OCH3 is 4. The third kappa shape index (κ3) is 4.02. The van der Waals surface area contributed by atoms with Crippen LogP contribution in [0.5, 0.6) is 17.2 Å². The van der Waals surface area contributed by atoms with Gasteiger partial charge in [-0.1, -0.05) is 12.1 Å². The van der Waals surface area contributed by atoms with Gasteiger partial charge in [0.15, 0.2) is 11.5 Å². The summed E-state index contributed by atoms with van der Waals surface area (Å²) in [5, 5.41) is 0. The van der Waals surface area contributed by atoms with E-state index in [0.29, 0.717) is 30.3 Å². The average Bonchev–Trinajstić information content (AvgIpc) is 3.18. The second kappa shape index (κ2) is 9.75. The molecule has 2 aromatic rings. The molecule has 0 saturated heterocycles. The van der Waals surface area contributed by atoms with Crippen LogP contribution < -0.4 is 14.2 Å². The van der Waals surface area contributed by atoms with Crippen molar-refractivity contribution in [3.05, 3.63) is 58.7 Å². The van der Waals surface area contributed by atoms with Crippen molar-refractivity contribution in [3.8, 4) is 17.2 Å². The van der Waals surface area contributed by atoms with Gasteiger partial charge in [0.25, 0.3) is 0 Å². The summed E-state index contributed by atoms with van der Waals surface area (Å²) in [6.45, 7) is 3.35. The predicted molar refractivity (Wildman–Crippen MR) is 125 cm³/mol. The van der Waals surface area contributed by atoms with E-state index in [1.165, 1.54) is 0 Å². The molecule has 7 nitrogen and oxygen atoms in total. The number of fused-ring (bicyclic) bond motifs is 3. The molecule has 33 heavy (non-hydrogen) atoms. The molecule has 7 heteroatoms. The molecule has 2 aliphatic heterocycles. The first kappa shape index (κ1) is 23.0. The number of rotatable bonds is 8. The minimum Gasteiger partial charge on any atom is -0.497 e. The minimum absolute atomic E-state index is 0.0576. The third-order valence-electron chi connectivity index (χ3n) is 6.41. The van der Waals surface area contributed by atoms with E-state index in [-0.39, 0.29) is 17.9 Å². The van der Waals surface area contributed by atoms with Crippen LogP contribution in [0.4, 0.5) is 0 Å². The van der Waals surface area contributed by atoms with Gasteiger partial charge in [-0.15, -0.1) is 0 Å². The number of esters is 1. The van der Waals surface area contributed by atoms with Gasteiger partial charge in [0.1, 0.15) is 5.75 Å². The molecule has 2 unspecified atom stereocenters. The Labute approximate surface area is 194 Å². The van der Waals surface area contributed by atoms with E-state index in [2.05, 4.69) is 4.90 Å². The predicted octanol–water partition coefficient (Wildman–Crippen LogP) is 3.66. The van der Waals surface area contributed by atoms with Crippen molar-refractivity contribution >= 4 is 11.7 Å². The first-order valence-electron chi connectivity index (χ1n) is 11.1. The summed E-state index contributed by atoms with van der Waals surface area (Å²) in [7, 11) is 6.58. The van der Waals surface area contributed by atoms with E-state index in [9.17, 15) is 4.79 Å². The van der Waals surface area contributed by atoms with Gasteiger partial charge in [0.2, 0.25) is 0 Å². The molecule has 2 aliphatic rings. The number of benzene rings is 2. The largest absolute Gasteiger partial charge is 0.497 e. The van der Waals surface area contributed by atoms with Crippen molar-refractivity contribution in [3.63, 3.8) is 0 Å². The van der Waals surface area contributed by atoms with Crippen LogP contribution >= 0.6 is 0 Å². The molecule has 0 aliphatic carbocycles. The molecule has 0 saturated carbocycles. The van der Waals surface area contributed by atoms with Crippen LogP contribution in [0.2, 0.25) is 0 Å². The highest BCUT2D eigenvalue weighted by atomic mass is 16.5. The van der Waals surface area contributed by atoms with Gasteiger partial charge in [0.05, 0.1) is 51.9 Å². The highest BCUT2D eigenvalue weighted by Crippen LogP contribution is 2.50. The highest BCUT2D eigenvalue weighted by Gasteiger charge is 2.47. The molecular weight excluding hydrogens is 422 g/mol. The van der Waals surface area contributed by atoms with E-state index < -0.39 is 0 Å². The number of hydrogen-bond donors (Lipinski definition) is 0. The molecule has 0 fully saturated rings. The molecule has 0 aromatic heterocycles. The van der Waals surface area contributed by atoms with Gasteiger partial charge >= 0.3 is 5.97 Å². The van der Waals surface area contributed by atoms with Crippen LogP contribution in [0, 0.1) is 0 Å². The van der Waals surface area contributed by atoms with E-state index in [0.717, 1.165) is 41.1 Å². The Morgan fingerprint density at radius 2 is 1.79 bits per heavy atom. The number of hydrogen-bond acceptors (Lipinski definition) is 7. The highest BCUT2D eigenvalue weighted by molar-refractivity contribution is 6.01. The smallest absolute Gasteiger partial charge is 0.336 e. The lowest BCUT2D eigenvalue weighted by molar-refractivity contribution is -0.138. The summed E-state index contributed by atoms with van der Waals surface area (Å²) in [4.78, 5) is 15.7. The van der Waals surface area contributed by atoms with Gasteiger partial charge in [-0.2, -0.15) is 0 Å². The van der Waals surface area contributed by atoms with Crippen LogP contribution in [0.3, 0.4) is 0 Å². The molecule has 2 heterocycles. The van der Waals surface area contributed by atoms with E-state index in [4.69, 9.17) is 23.7 Å². The molecule has 0 spiro atoms. The summed E-state index contributed by atoms with van der Waals surface area (Å²) < 4.78 is 27.8. The zero-order valence-corrected chi connectivity index (χ0v) is 19.8. The van der Waals surface area contributed by atoms with Crippen molar-refractivity contribution in [2.75, 3.05) is 48.2 Å². The molecule has 0 radical (unpaired) electrons. The Morgan fingerprint density at radius 3 is 2.45 bits per heavy atom. The average molecular weight is 454 g/mol. The second-order valence-corrected chi connectivity index (χ2v) is 8.07. The maximum Gasteiger partial charge on any atom is 0.336 e. The summed E-state index contributed by atoms with van der Waals surface area (Å²) >= 11 is 0. The third-order valence-corrected chi connectivity index (χ3v) is 6.41. The Morgan fingerprint density at radius 1 is 1.03 bits per heavy atom. The summed E-state index contributed by atoms with van der Waals surface area (Å²) in [5.41, 5.74) is 4.59. The maximum atomic E-state index is 13.4. The van der Waals surface area contributed by atoms with E-state index >= 15 is 0 Å². The molecule has 0 N–H and O–H groups in total. The number of carbonyl (C=O) groups is 1. The fourth-order valence-electron chi connectivity index (χ4n) is 5.02. The quantitative estimate of drug-likeness (QED) is 0.565. The Bertz CT molecular complexity index is 1060. The van der Waals surface area contributed by atoms with Crippen LogP contribution in [-0.4, -0.2) is 65.1 Å². The first-order chi connectivity index (χ1) is 16.1.